The molecule has 0 saturated heterocycles. The highest BCUT2D eigenvalue weighted by Gasteiger charge is 2.05. The van der Waals surface area contributed by atoms with Gasteiger partial charge in [-0.3, -0.25) is 0 Å². The molecular weight excluding hydrogens is 316 g/mol. The topological polar surface area (TPSA) is 25.8 Å². The van der Waals surface area contributed by atoms with E-state index in [-0.39, 0.29) is 0 Å². The molecule has 2 aromatic heterocycles. The summed E-state index contributed by atoms with van der Waals surface area (Å²) in [7, 11) is 0. The predicted octanol–water partition coefficient (Wildman–Crippen LogP) is 6.25. The molecule has 0 aliphatic heterocycles. The van der Waals surface area contributed by atoms with Gasteiger partial charge < -0.3 is 0 Å². The minimum atomic E-state index is 0.751. The van der Waals surface area contributed by atoms with Gasteiger partial charge in [0.15, 0.2) is 5.65 Å². The van der Waals surface area contributed by atoms with Crippen LogP contribution >= 0.6 is 0 Å². The van der Waals surface area contributed by atoms with Gasteiger partial charge >= 0.3 is 0 Å². The molecule has 4 aromatic rings. The molecule has 0 fully saturated rings. The van der Waals surface area contributed by atoms with Crippen LogP contribution in [0.2, 0.25) is 0 Å². The molecule has 0 aliphatic carbocycles. The van der Waals surface area contributed by atoms with Gasteiger partial charge in [0.1, 0.15) is 0 Å². The highest BCUT2D eigenvalue weighted by molar-refractivity contribution is 5.81. The van der Waals surface area contributed by atoms with Crippen LogP contribution in [0.4, 0.5) is 0 Å². The second-order valence-electron chi connectivity index (χ2n) is 6.09. The Morgan fingerprint density at radius 3 is 1.35 bits per heavy atom. The standard InChI is InChI=1S/C24H18N2/c1-3-17-5-9-19(10-6-17)22-15-13-21-14-16-23(26-24(21)25-22)20-11-7-18(4-2)8-12-20/h3-16H,1-2H2. The quantitative estimate of drug-likeness (QED) is 0.441. The van der Waals surface area contributed by atoms with Crippen molar-refractivity contribution in [3.63, 3.8) is 0 Å². The van der Waals surface area contributed by atoms with Crippen molar-refractivity contribution in [2.24, 2.45) is 0 Å². The monoisotopic (exact) mass is 334 g/mol. The summed E-state index contributed by atoms with van der Waals surface area (Å²) in [6.45, 7) is 7.59. The fourth-order valence-corrected chi connectivity index (χ4v) is 2.90. The lowest BCUT2D eigenvalue weighted by Gasteiger charge is -2.06. The normalized spacial score (nSPS) is 10.6. The minimum Gasteiger partial charge on any atom is -0.228 e. The smallest absolute Gasteiger partial charge is 0.160 e. The van der Waals surface area contributed by atoms with Gasteiger partial charge in [-0.1, -0.05) is 73.8 Å². The van der Waals surface area contributed by atoms with E-state index < -0.39 is 0 Å². The van der Waals surface area contributed by atoms with E-state index in [1.807, 2.05) is 48.6 Å². The van der Waals surface area contributed by atoms with Gasteiger partial charge in [-0.25, -0.2) is 9.97 Å². The third-order valence-corrected chi connectivity index (χ3v) is 4.44. The van der Waals surface area contributed by atoms with E-state index in [9.17, 15) is 0 Å². The number of hydrogen-bond donors (Lipinski definition) is 0. The van der Waals surface area contributed by atoms with Gasteiger partial charge in [0, 0.05) is 16.5 Å². The molecule has 0 spiro atoms. The highest BCUT2D eigenvalue weighted by atomic mass is 14.9. The Bertz CT molecular complexity index is 1010. The molecule has 2 heterocycles. The summed E-state index contributed by atoms with van der Waals surface area (Å²) in [4.78, 5) is 9.54. The zero-order chi connectivity index (χ0) is 17.9. The van der Waals surface area contributed by atoms with Crippen LogP contribution in [0.1, 0.15) is 11.1 Å². The summed E-state index contributed by atoms with van der Waals surface area (Å²) in [6.07, 6.45) is 3.67. The van der Waals surface area contributed by atoms with Crippen LogP contribution in [0.3, 0.4) is 0 Å². The SMILES string of the molecule is C=Cc1ccc(-c2ccc3ccc(-c4ccc(C=C)cc4)nc3n2)cc1. The Morgan fingerprint density at radius 1 is 0.538 bits per heavy atom. The van der Waals surface area contributed by atoms with Crippen molar-refractivity contribution in [3.05, 3.63) is 97.1 Å². The second kappa shape index (κ2) is 6.77. The molecule has 4 rings (SSSR count). The molecular formula is C24H18N2. The zero-order valence-electron chi connectivity index (χ0n) is 14.4. The van der Waals surface area contributed by atoms with E-state index in [0.717, 1.165) is 44.7 Å². The fraction of sp³-hybridized carbons (Fsp3) is 0. The van der Waals surface area contributed by atoms with E-state index in [2.05, 4.69) is 49.6 Å². The van der Waals surface area contributed by atoms with Gasteiger partial charge in [-0.15, -0.1) is 0 Å². The fourth-order valence-electron chi connectivity index (χ4n) is 2.90. The number of nitrogens with zero attached hydrogens (tertiary/aromatic N) is 2. The molecule has 124 valence electrons. The lowest BCUT2D eigenvalue weighted by Crippen LogP contribution is -1.91. The maximum absolute atomic E-state index is 4.77. The Balaban J connectivity index is 1.76. The molecule has 2 aromatic carbocycles. The summed E-state index contributed by atoms with van der Waals surface area (Å²) in [5, 5.41) is 1.03. The van der Waals surface area contributed by atoms with E-state index in [0.29, 0.717) is 0 Å². The largest absolute Gasteiger partial charge is 0.228 e. The first-order valence-corrected chi connectivity index (χ1v) is 8.50. The third kappa shape index (κ3) is 3.05. The van der Waals surface area contributed by atoms with Gasteiger partial charge in [0.25, 0.3) is 0 Å². The predicted molar refractivity (Wildman–Crippen MR) is 111 cm³/mol. The molecule has 26 heavy (non-hydrogen) atoms. The van der Waals surface area contributed by atoms with Crippen molar-refractivity contribution in [1.29, 1.82) is 0 Å². The van der Waals surface area contributed by atoms with Crippen LogP contribution < -0.4 is 0 Å². The van der Waals surface area contributed by atoms with Crippen molar-refractivity contribution in [3.8, 4) is 22.5 Å². The molecule has 0 amide bonds. The van der Waals surface area contributed by atoms with E-state index >= 15 is 0 Å². The van der Waals surface area contributed by atoms with Crippen LogP contribution in [-0.2, 0) is 0 Å². The van der Waals surface area contributed by atoms with Crippen molar-refractivity contribution in [2.75, 3.05) is 0 Å². The first-order valence-electron chi connectivity index (χ1n) is 8.50. The molecule has 2 heteroatoms. The number of benzene rings is 2. The summed E-state index contributed by atoms with van der Waals surface area (Å²) in [5.41, 5.74) is 6.91. The number of fused-ring (bicyclic) bond motifs is 1. The van der Waals surface area contributed by atoms with Gasteiger partial charge in [0.2, 0.25) is 0 Å². The summed E-state index contributed by atoms with van der Waals surface area (Å²) in [5.74, 6) is 0. The van der Waals surface area contributed by atoms with Gasteiger partial charge in [-0.05, 0) is 35.4 Å². The third-order valence-electron chi connectivity index (χ3n) is 4.44. The lowest BCUT2D eigenvalue weighted by molar-refractivity contribution is 1.29. The molecule has 0 radical (unpaired) electrons. The van der Waals surface area contributed by atoms with Crippen molar-refractivity contribution >= 4 is 23.2 Å². The van der Waals surface area contributed by atoms with E-state index in [4.69, 9.17) is 9.97 Å². The molecule has 0 unspecified atom stereocenters. The first kappa shape index (κ1) is 16.0. The maximum atomic E-state index is 4.77. The Kier molecular flexibility index (Phi) is 4.16. The Morgan fingerprint density at radius 2 is 0.962 bits per heavy atom. The van der Waals surface area contributed by atoms with E-state index in [1.54, 1.807) is 0 Å². The van der Waals surface area contributed by atoms with E-state index in [1.165, 1.54) is 0 Å². The Hall–Kier alpha value is -3.52. The summed E-state index contributed by atoms with van der Waals surface area (Å²) < 4.78 is 0. The van der Waals surface area contributed by atoms with Crippen LogP contribution in [0, 0.1) is 0 Å². The molecule has 2 nitrogen and oxygen atoms in total. The van der Waals surface area contributed by atoms with Crippen molar-refractivity contribution in [2.45, 2.75) is 0 Å². The molecule has 0 aliphatic rings. The minimum absolute atomic E-state index is 0.751. The average molecular weight is 334 g/mol. The van der Waals surface area contributed by atoms with Crippen LogP contribution in [0.5, 0.6) is 0 Å². The van der Waals surface area contributed by atoms with Crippen molar-refractivity contribution < 1.29 is 0 Å². The average Bonchev–Trinajstić information content (AvgIpc) is 2.73. The molecule has 0 saturated carbocycles. The molecule has 0 N–H and O–H groups in total. The Labute approximate surface area is 153 Å². The van der Waals surface area contributed by atoms with Crippen LogP contribution in [-0.4, -0.2) is 9.97 Å². The first-order chi connectivity index (χ1) is 12.8. The molecule has 0 bridgehead atoms. The zero-order valence-corrected chi connectivity index (χ0v) is 14.4. The summed E-state index contributed by atoms with van der Waals surface area (Å²) in [6, 6.07) is 24.6. The number of rotatable bonds is 4. The number of aromatic nitrogens is 2. The number of pyridine rings is 2. The lowest BCUT2D eigenvalue weighted by atomic mass is 10.1. The van der Waals surface area contributed by atoms with Gasteiger partial charge in [0.05, 0.1) is 11.4 Å². The van der Waals surface area contributed by atoms with Crippen molar-refractivity contribution in [1.82, 2.24) is 9.97 Å². The van der Waals surface area contributed by atoms with Gasteiger partial charge in [-0.2, -0.15) is 0 Å². The van der Waals surface area contributed by atoms with Crippen LogP contribution in [0.15, 0.2) is 86.0 Å². The molecule has 0 atom stereocenters. The maximum Gasteiger partial charge on any atom is 0.160 e. The van der Waals surface area contributed by atoms with Crippen LogP contribution in [0.25, 0.3) is 45.7 Å². The second-order valence-corrected chi connectivity index (χ2v) is 6.09. The highest BCUT2D eigenvalue weighted by Crippen LogP contribution is 2.24. The summed E-state index contributed by atoms with van der Waals surface area (Å²) >= 11 is 0. The number of hydrogen-bond acceptors (Lipinski definition) is 2.